The molecule has 2 N–H and O–H groups in total. The quantitative estimate of drug-likeness (QED) is 0.604. The predicted molar refractivity (Wildman–Crippen MR) is 113 cm³/mol. The Morgan fingerprint density at radius 3 is 2.67 bits per heavy atom. The Labute approximate surface area is 178 Å². The van der Waals surface area contributed by atoms with Crippen molar-refractivity contribution in [3.8, 4) is 11.4 Å². The maximum absolute atomic E-state index is 12.8. The Kier molecular flexibility index (Phi) is 5.76. The number of tetrazole rings is 1. The summed E-state index contributed by atoms with van der Waals surface area (Å²) in [7, 11) is 0. The van der Waals surface area contributed by atoms with E-state index < -0.39 is 6.04 Å². The highest BCUT2D eigenvalue weighted by molar-refractivity contribution is 6.30. The highest BCUT2D eigenvalue weighted by Crippen LogP contribution is 2.21. The number of nitrogens with one attached hydrogen (secondary N) is 2. The van der Waals surface area contributed by atoms with E-state index in [1.807, 2.05) is 6.92 Å². The number of nitrogens with zero attached hydrogens (tertiary/aromatic N) is 4. The van der Waals surface area contributed by atoms with E-state index in [1.165, 1.54) is 4.80 Å². The van der Waals surface area contributed by atoms with Crippen molar-refractivity contribution in [3.05, 3.63) is 59.1 Å². The predicted octanol–water partition coefficient (Wildman–Crippen LogP) is 3.48. The van der Waals surface area contributed by atoms with E-state index in [0.717, 1.165) is 18.4 Å². The summed E-state index contributed by atoms with van der Waals surface area (Å²) in [5.41, 5.74) is 1.81. The minimum absolute atomic E-state index is 0.133. The second-order valence-corrected chi connectivity index (χ2v) is 7.62. The number of carbonyl (C=O) groups is 2. The fourth-order valence-electron chi connectivity index (χ4n) is 2.99. The molecule has 1 aliphatic rings. The zero-order valence-corrected chi connectivity index (χ0v) is 17.1. The molecule has 1 heterocycles. The van der Waals surface area contributed by atoms with Crippen molar-refractivity contribution in [2.75, 3.05) is 5.32 Å². The summed E-state index contributed by atoms with van der Waals surface area (Å²) >= 11 is 5.91. The number of hydrogen-bond donors (Lipinski definition) is 2. The largest absolute Gasteiger partial charge is 0.349 e. The topological polar surface area (TPSA) is 102 Å². The van der Waals surface area contributed by atoms with Crippen molar-refractivity contribution in [1.82, 2.24) is 25.5 Å². The standard InChI is InChI=1S/C21H21ClN6O2/c1-2-18(28-26-19(25-27-28)13-6-8-15(22)9-7-13)21(30)24-17-5-3-4-14(12-17)20(29)23-16-10-11-16/h3-9,12,16,18H,2,10-11H2,1H3,(H,23,29)(H,24,30)/t18-/m0/s1. The first-order valence-corrected chi connectivity index (χ1v) is 10.2. The van der Waals surface area contributed by atoms with Gasteiger partial charge in [0.05, 0.1) is 0 Å². The van der Waals surface area contributed by atoms with Gasteiger partial charge >= 0.3 is 0 Å². The third-order valence-electron chi connectivity index (χ3n) is 4.80. The van der Waals surface area contributed by atoms with Gasteiger partial charge < -0.3 is 10.6 Å². The molecule has 0 saturated heterocycles. The third kappa shape index (κ3) is 4.65. The number of halogens is 1. The molecule has 0 unspecified atom stereocenters. The molecule has 2 amide bonds. The minimum atomic E-state index is -0.637. The number of hydrogen-bond acceptors (Lipinski definition) is 5. The van der Waals surface area contributed by atoms with Crippen LogP contribution in [0.3, 0.4) is 0 Å². The van der Waals surface area contributed by atoms with Crippen LogP contribution < -0.4 is 10.6 Å². The van der Waals surface area contributed by atoms with Gasteiger partial charge in [0, 0.05) is 27.9 Å². The van der Waals surface area contributed by atoms with Gasteiger partial charge in [0.25, 0.3) is 11.8 Å². The number of anilines is 1. The van der Waals surface area contributed by atoms with Crippen molar-refractivity contribution in [1.29, 1.82) is 0 Å². The first kappa shape index (κ1) is 20.0. The third-order valence-corrected chi connectivity index (χ3v) is 5.06. The van der Waals surface area contributed by atoms with Gasteiger partial charge in [0.2, 0.25) is 5.82 Å². The van der Waals surface area contributed by atoms with E-state index in [9.17, 15) is 9.59 Å². The molecule has 154 valence electrons. The summed E-state index contributed by atoms with van der Waals surface area (Å²) in [6.45, 7) is 1.87. The summed E-state index contributed by atoms with van der Waals surface area (Å²) in [5, 5.41) is 18.9. The molecular weight excluding hydrogens is 404 g/mol. The van der Waals surface area contributed by atoms with Gasteiger partial charge in [-0.2, -0.15) is 4.80 Å². The molecule has 2 aromatic carbocycles. The number of aromatic nitrogens is 4. The molecule has 0 bridgehead atoms. The van der Waals surface area contributed by atoms with Gasteiger partial charge in [0.15, 0.2) is 6.04 Å². The lowest BCUT2D eigenvalue weighted by molar-refractivity contribution is -0.120. The molecule has 1 aromatic heterocycles. The van der Waals surface area contributed by atoms with Gasteiger partial charge in [0.1, 0.15) is 0 Å². The SMILES string of the molecule is CC[C@@H](C(=O)Nc1cccc(C(=O)NC2CC2)c1)n1nnc(-c2ccc(Cl)cc2)n1. The van der Waals surface area contributed by atoms with Crippen LogP contribution in [-0.4, -0.2) is 38.1 Å². The summed E-state index contributed by atoms with van der Waals surface area (Å²) < 4.78 is 0. The van der Waals surface area contributed by atoms with Crippen LogP contribution in [0.5, 0.6) is 0 Å². The molecule has 8 nitrogen and oxygen atoms in total. The van der Waals surface area contributed by atoms with Crippen LogP contribution in [0.25, 0.3) is 11.4 Å². The summed E-state index contributed by atoms with van der Waals surface area (Å²) in [5.74, 6) is 0.000146. The van der Waals surface area contributed by atoms with Crippen molar-refractivity contribution >= 4 is 29.1 Å². The highest BCUT2D eigenvalue weighted by atomic mass is 35.5. The average Bonchev–Trinajstić information content (AvgIpc) is 3.43. The zero-order chi connectivity index (χ0) is 21.1. The van der Waals surface area contributed by atoms with E-state index in [-0.39, 0.29) is 17.9 Å². The van der Waals surface area contributed by atoms with Gasteiger partial charge in [-0.1, -0.05) is 24.6 Å². The van der Waals surface area contributed by atoms with Crippen LogP contribution in [0, 0.1) is 0 Å². The van der Waals surface area contributed by atoms with E-state index in [0.29, 0.717) is 28.5 Å². The Morgan fingerprint density at radius 2 is 1.97 bits per heavy atom. The van der Waals surface area contributed by atoms with Gasteiger partial charge in [-0.3, -0.25) is 9.59 Å². The number of carbonyl (C=O) groups excluding carboxylic acids is 2. The molecule has 1 fully saturated rings. The van der Waals surface area contributed by atoms with Gasteiger partial charge in [-0.15, -0.1) is 10.2 Å². The molecule has 1 atom stereocenters. The van der Waals surface area contributed by atoms with Gasteiger partial charge in [-0.05, 0) is 66.9 Å². The maximum Gasteiger partial charge on any atom is 0.251 e. The molecule has 0 aliphatic heterocycles. The molecule has 1 aliphatic carbocycles. The summed E-state index contributed by atoms with van der Waals surface area (Å²) in [4.78, 5) is 26.4. The fraction of sp³-hybridized carbons (Fsp3) is 0.286. The lowest BCUT2D eigenvalue weighted by Gasteiger charge is -2.14. The smallest absolute Gasteiger partial charge is 0.251 e. The molecule has 0 radical (unpaired) electrons. The lowest BCUT2D eigenvalue weighted by atomic mass is 10.1. The molecule has 3 aromatic rings. The van der Waals surface area contributed by atoms with Crippen molar-refractivity contribution in [2.45, 2.75) is 38.3 Å². The van der Waals surface area contributed by atoms with E-state index in [4.69, 9.17) is 11.6 Å². The number of rotatable bonds is 7. The number of amides is 2. The van der Waals surface area contributed by atoms with Crippen LogP contribution in [0.2, 0.25) is 5.02 Å². The van der Waals surface area contributed by atoms with Crippen LogP contribution in [0.15, 0.2) is 48.5 Å². The summed E-state index contributed by atoms with van der Waals surface area (Å²) in [6, 6.07) is 13.6. The summed E-state index contributed by atoms with van der Waals surface area (Å²) in [6.07, 6.45) is 2.51. The molecule has 0 spiro atoms. The number of benzene rings is 2. The van der Waals surface area contributed by atoms with E-state index in [2.05, 4.69) is 26.0 Å². The fourth-order valence-corrected chi connectivity index (χ4v) is 3.11. The van der Waals surface area contributed by atoms with Crippen LogP contribution in [-0.2, 0) is 4.79 Å². The van der Waals surface area contributed by atoms with Crippen LogP contribution in [0.1, 0.15) is 42.6 Å². The first-order chi connectivity index (χ1) is 14.5. The minimum Gasteiger partial charge on any atom is -0.349 e. The lowest BCUT2D eigenvalue weighted by Crippen LogP contribution is -2.28. The molecular formula is C21H21ClN6O2. The van der Waals surface area contributed by atoms with Crippen molar-refractivity contribution in [2.24, 2.45) is 0 Å². The molecule has 1 saturated carbocycles. The van der Waals surface area contributed by atoms with E-state index >= 15 is 0 Å². The van der Waals surface area contributed by atoms with Gasteiger partial charge in [-0.25, -0.2) is 0 Å². The van der Waals surface area contributed by atoms with Crippen LogP contribution >= 0.6 is 11.6 Å². The average molecular weight is 425 g/mol. The zero-order valence-electron chi connectivity index (χ0n) is 16.4. The molecule has 30 heavy (non-hydrogen) atoms. The Hall–Kier alpha value is -3.26. The maximum atomic E-state index is 12.8. The molecule has 9 heteroatoms. The van der Waals surface area contributed by atoms with Crippen LogP contribution in [0.4, 0.5) is 5.69 Å². The van der Waals surface area contributed by atoms with Crippen molar-refractivity contribution in [3.63, 3.8) is 0 Å². The normalized spacial score (nSPS) is 14.2. The Balaban J connectivity index is 1.47. The van der Waals surface area contributed by atoms with E-state index in [1.54, 1.807) is 48.5 Å². The Morgan fingerprint density at radius 1 is 1.20 bits per heavy atom. The second kappa shape index (κ2) is 8.62. The van der Waals surface area contributed by atoms with Crippen molar-refractivity contribution < 1.29 is 9.59 Å². The first-order valence-electron chi connectivity index (χ1n) is 9.80. The highest BCUT2D eigenvalue weighted by Gasteiger charge is 2.25. The Bertz CT molecular complexity index is 1060. The second-order valence-electron chi connectivity index (χ2n) is 7.18. The monoisotopic (exact) mass is 424 g/mol. The molecule has 4 rings (SSSR count).